The van der Waals surface area contributed by atoms with Crippen molar-refractivity contribution < 1.29 is 23.4 Å². The van der Waals surface area contributed by atoms with Crippen LogP contribution < -0.4 is 0 Å². The molecule has 1 aliphatic carbocycles. The highest BCUT2D eigenvalue weighted by molar-refractivity contribution is 6.74. The number of hydrogen-bond donors (Lipinski definition) is 0. The number of rotatable bonds is 3. The normalized spacial score (nSPS) is 40.6. The number of carbonyl (C=O) groups excluding carboxylic acids is 1. The Morgan fingerprint density at radius 1 is 1.19 bits per heavy atom. The van der Waals surface area contributed by atoms with Gasteiger partial charge in [-0.2, -0.15) is 0 Å². The fourth-order valence-corrected chi connectivity index (χ4v) is 6.16. The van der Waals surface area contributed by atoms with E-state index in [9.17, 15) is 4.79 Å². The zero-order valence-electron chi connectivity index (χ0n) is 18.2. The van der Waals surface area contributed by atoms with E-state index in [1.807, 2.05) is 0 Å². The van der Waals surface area contributed by atoms with Crippen molar-refractivity contribution in [3.05, 3.63) is 0 Å². The molecule has 0 radical (unpaired) electrons. The molecule has 0 aromatic rings. The first-order chi connectivity index (χ1) is 12.4. The summed E-state index contributed by atoms with van der Waals surface area (Å²) in [5, 5.41) is 0.189. The van der Waals surface area contributed by atoms with E-state index in [2.05, 4.69) is 40.8 Å². The van der Waals surface area contributed by atoms with Gasteiger partial charge < -0.3 is 18.6 Å². The second kappa shape index (κ2) is 7.43. The fraction of sp³-hybridized carbons (Fsp3) is 0.952. The van der Waals surface area contributed by atoms with Gasteiger partial charge in [0.15, 0.2) is 14.6 Å². The maximum absolute atomic E-state index is 12.1. The van der Waals surface area contributed by atoms with E-state index in [1.165, 1.54) is 0 Å². The zero-order chi connectivity index (χ0) is 20.0. The molecule has 156 valence electrons. The molecule has 6 heteroatoms. The molecule has 2 aliphatic heterocycles. The van der Waals surface area contributed by atoms with Crippen LogP contribution in [-0.4, -0.2) is 46.0 Å². The van der Waals surface area contributed by atoms with Crippen molar-refractivity contribution in [1.29, 1.82) is 0 Å². The van der Waals surface area contributed by atoms with Crippen molar-refractivity contribution >= 4 is 14.3 Å². The van der Waals surface area contributed by atoms with Gasteiger partial charge in [-0.25, -0.2) is 0 Å². The first-order valence-electron chi connectivity index (χ1n) is 10.5. The lowest BCUT2D eigenvalue weighted by molar-refractivity contribution is -0.254. The van der Waals surface area contributed by atoms with E-state index in [4.69, 9.17) is 18.6 Å². The molecule has 1 saturated carbocycles. The average molecular weight is 399 g/mol. The predicted octanol–water partition coefficient (Wildman–Crippen LogP) is 4.65. The van der Waals surface area contributed by atoms with E-state index < -0.39 is 8.32 Å². The molecule has 0 unspecified atom stereocenters. The Labute approximate surface area is 165 Å². The molecule has 0 N–H and O–H groups in total. The molecule has 0 aromatic carbocycles. The first-order valence-corrected chi connectivity index (χ1v) is 13.4. The van der Waals surface area contributed by atoms with Gasteiger partial charge in [-0.3, -0.25) is 4.79 Å². The number of fused-ring (bicyclic) bond motifs is 3. The smallest absolute Gasteiger partial charge is 0.306 e. The highest BCUT2D eigenvalue weighted by atomic mass is 28.4. The molecule has 3 fully saturated rings. The van der Waals surface area contributed by atoms with E-state index in [0.29, 0.717) is 6.42 Å². The molecule has 0 aromatic heterocycles. The quantitative estimate of drug-likeness (QED) is 0.512. The minimum absolute atomic E-state index is 0.0595. The predicted molar refractivity (Wildman–Crippen MR) is 107 cm³/mol. The summed E-state index contributed by atoms with van der Waals surface area (Å²) >= 11 is 0. The lowest BCUT2D eigenvalue weighted by atomic mass is 9.67. The van der Waals surface area contributed by atoms with Crippen molar-refractivity contribution in [3.63, 3.8) is 0 Å². The van der Waals surface area contributed by atoms with Crippen molar-refractivity contribution in [3.8, 4) is 0 Å². The summed E-state index contributed by atoms with van der Waals surface area (Å²) in [6.45, 7) is 13.8. The number of hydrogen-bond acceptors (Lipinski definition) is 5. The summed E-state index contributed by atoms with van der Waals surface area (Å²) in [5.74, 6) is 0.141. The van der Waals surface area contributed by atoms with E-state index >= 15 is 0 Å². The molecule has 27 heavy (non-hydrogen) atoms. The van der Waals surface area contributed by atoms with Gasteiger partial charge in [-0.15, -0.1) is 0 Å². The van der Waals surface area contributed by atoms with Gasteiger partial charge in [0, 0.05) is 24.5 Å². The fourth-order valence-electron chi connectivity index (χ4n) is 4.77. The van der Waals surface area contributed by atoms with Crippen LogP contribution in [0.15, 0.2) is 0 Å². The van der Waals surface area contributed by atoms with Crippen LogP contribution in [0, 0.1) is 11.3 Å². The molecule has 2 saturated heterocycles. The van der Waals surface area contributed by atoms with Crippen molar-refractivity contribution in [2.45, 2.75) is 109 Å². The molecule has 6 atom stereocenters. The molecule has 3 rings (SSSR count). The minimum atomic E-state index is -1.85. The topological polar surface area (TPSA) is 54.0 Å². The number of methoxy groups -OCH3 is 1. The Morgan fingerprint density at radius 2 is 1.89 bits per heavy atom. The van der Waals surface area contributed by atoms with Crippen LogP contribution in [0.25, 0.3) is 0 Å². The van der Waals surface area contributed by atoms with Crippen molar-refractivity contribution in [1.82, 2.24) is 0 Å². The first kappa shape index (κ1) is 21.3. The molecule has 5 nitrogen and oxygen atoms in total. The number of esters is 1. The van der Waals surface area contributed by atoms with Crippen LogP contribution >= 0.6 is 0 Å². The third kappa shape index (κ3) is 4.28. The van der Waals surface area contributed by atoms with Crippen molar-refractivity contribution in [2.24, 2.45) is 11.3 Å². The zero-order valence-corrected chi connectivity index (χ0v) is 19.2. The van der Waals surface area contributed by atoms with Gasteiger partial charge in [0.25, 0.3) is 0 Å². The Morgan fingerprint density at radius 3 is 2.52 bits per heavy atom. The van der Waals surface area contributed by atoms with E-state index in [0.717, 1.165) is 32.1 Å². The lowest BCUT2D eigenvalue weighted by Crippen LogP contribution is -2.55. The molecule has 0 spiro atoms. The van der Waals surface area contributed by atoms with Crippen LogP contribution in [-0.2, 0) is 23.4 Å². The Hall–Kier alpha value is -0.433. The highest BCUT2D eigenvalue weighted by Crippen LogP contribution is 2.50. The summed E-state index contributed by atoms with van der Waals surface area (Å²) in [5.41, 5.74) is -0.0595. The minimum Gasteiger partial charge on any atom is -0.459 e. The van der Waals surface area contributed by atoms with Crippen LogP contribution in [0.1, 0.15) is 66.2 Å². The van der Waals surface area contributed by atoms with Crippen LogP contribution in [0.3, 0.4) is 0 Å². The SMILES string of the molecule is CO[C@H]1CC[C@]2(C)C[C@H](O[Si](C)(C)C(C)(C)C)CC[C@@H]3CC(=O)O[C@@H]3[C@@H]2O1. The second-order valence-electron chi connectivity index (χ2n) is 10.6. The molecule has 2 heterocycles. The maximum Gasteiger partial charge on any atom is 0.306 e. The summed E-state index contributed by atoms with van der Waals surface area (Å²) in [7, 11) is -0.160. The van der Waals surface area contributed by atoms with Crippen LogP contribution in [0.5, 0.6) is 0 Å². The maximum atomic E-state index is 12.1. The van der Waals surface area contributed by atoms with Gasteiger partial charge in [0.2, 0.25) is 0 Å². The van der Waals surface area contributed by atoms with Gasteiger partial charge in [0.05, 0.1) is 6.42 Å². The standard InChI is InChI=1S/C21H38O5Si/c1-20(2,3)27(6,7)26-15-9-8-14-12-16(22)24-18(14)19-21(4,13-15)11-10-17(23-5)25-19/h14-15,17-19H,8-13H2,1-7H3/t14-,15-,17-,18+,19+,21-/m1/s1. The summed E-state index contributed by atoms with van der Waals surface area (Å²) < 4.78 is 24.5. The lowest BCUT2D eigenvalue weighted by Gasteiger charge is -2.50. The highest BCUT2D eigenvalue weighted by Gasteiger charge is 2.54. The van der Waals surface area contributed by atoms with Gasteiger partial charge in [-0.05, 0) is 50.2 Å². The molecule has 3 aliphatic rings. The Bertz CT molecular complexity index is 557. The van der Waals surface area contributed by atoms with Gasteiger partial charge in [0.1, 0.15) is 12.2 Å². The summed E-state index contributed by atoms with van der Waals surface area (Å²) in [4.78, 5) is 12.1. The molecule has 0 amide bonds. The molecular weight excluding hydrogens is 360 g/mol. The average Bonchev–Trinajstić information content (AvgIpc) is 2.90. The molecule has 0 bridgehead atoms. The number of carbonyl (C=O) groups is 1. The van der Waals surface area contributed by atoms with E-state index in [1.54, 1.807) is 7.11 Å². The Balaban J connectivity index is 1.85. The second-order valence-corrected chi connectivity index (χ2v) is 15.4. The summed E-state index contributed by atoms with van der Waals surface area (Å²) in [6.07, 6.45) is 5.07. The largest absolute Gasteiger partial charge is 0.459 e. The number of ether oxygens (including phenoxy) is 3. The van der Waals surface area contributed by atoms with Gasteiger partial charge in [-0.1, -0.05) is 27.7 Å². The third-order valence-electron chi connectivity index (χ3n) is 7.48. The van der Waals surface area contributed by atoms with Crippen molar-refractivity contribution in [2.75, 3.05) is 7.11 Å². The van der Waals surface area contributed by atoms with Crippen LogP contribution in [0.2, 0.25) is 18.1 Å². The van der Waals surface area contributed by atoms with Gasteiger partial charge >= 0.3 is 5.97 Å². The molecular formula is C21H38O5Si. The van der Waals surface area contributed by atoms with E-state index in [-0.39, 0.29) is 46.9 Å². The summed E-state index contributed by atoms with van der Waals surface area (Å²) in [6, 6.07) is 0. The third-order valence-corrected chi connectivity index (χ3v) is 12.0. The van der Waals surface area contributed by atoms with Crippen LogP contribution in [0.4, 0.5) is 0 Å². The monoisotopic (exact) mass is 398 g/mol. The Kier molecular flexibility index (Phi) is 5.86.